The summed E-state index contributed by atoms with van der Waals surface area (Å²) in [7, 11) is 0. The zero-order chi connectivity index (χ0) is 12.0. The van der Waals surface area contributed by atoms with Gasteiger partial charge >= 0.3 is 0 Å². The van der Waals surface area contributed by atoms with Crippen LogP contribution in [0.5, 0.6) is 0 Å². The molecule has 96 valence electrons. The Morgan fingerprint density at radius 1 is 1.06 bits per heavy atom. The predicted molar refractivity (Wildman–Crippen MR) is 72.7 cm³/mol. The first kappa shape index (κ1) is 14.0. The monoisotopic (exact) mass is 225 g/mol. The molecule has 0 saturated heterocycles. The molecule has 0 aromatic carbocycles. The van der Waals surface area contributed by atoms with Crippen LogP contribution in [0.1, 0.15) is 72.6 Å². The zero-order valence-electron chi connectivity index (χ0n) is 11.8. The van der Waals surface area contributed by atoms with Gasteiger partial charge in [0.05, 0.1) is 0 Å². The van der Waals surface area contributed by atoms with Crippen molar-refractivity contribution in [3.05, 3.63) is 0 Å². The van der Waals surface area contributed by atoms with Crippen LogP contribution >= 0.6 is 0 Å². The van der Waals surface area contributed by atoms with E-state index in [1.54, 1.807) is 0 Å². The van der Waals surface area contributed by atoms with E-state index in [1.165, 1.54) is 51.5 Å². The van der Waals surface area contributed by atoms with Crippen molar-refractivity contribution in [2.75, 3.05) is 6.54 Å². The Bertz CT molecular complexity index is 180. The summed E-state index contributed by atoms with van der Waals surface area (Å²) in [4.78, 5) is 0. The molecule has 0 heterocycles. The molecule has 1 nitrogen and oxygen atoms in total. The van der Waals surface area contributed by atoms with Crippen LogP contribution in [0.4, 0.5) is 0 Å². The first-order valence-electron chi connectivity index (χ1n) is 7.31. The summed E-state index contributed by atoms with van der Waals surface area (Å²) in [6.07, 6.45) is 9.86. The van der Waals surface area contributed by atoms with Crippen molar-refractivity contribution in [2.45, 2.75) is 78.7 Å². The van der Waals surface area contributed by atoms with Gasteiger partial charge in [-0.25, -0.2) is 0 Å². The molecular weight excluding hydrogens is 194 g/mol. The van der Waals surface area contributed by atoms with Crippen molar-refractivity contribution < 1.29 is 0 Å². The normalized spacial score (nSPS) is 21.6. The van der Waals surface area contributed by atoms with Gasteiger partial charge in [0.25, 0.3) is 0 Å². The predicted octanol–water partition coefficient (Wildman–Crippen LogP) is 4.37. The zero-order valence-corrected chi connectivity index (χ0v) is 11.8. The lowest BCUT2D eigenvalue weighted by Crippen LogP contribution is -2.37. The second kappa shape index (κ2) is 6.64. The van der Waals surface area contributed by atoms with Crippen molar-refractivity contribution in [3.63, 3.8) is 0 Å². The van der Waals surface area contributed by atoms with Crippen LogP contribution in [0.15, 0.2) is 0 Å². The molecule has 1 N–H and O–H groups in total. The minimum Gasteiger partial charge on any atom is -0.314 e. The maximum atomic E-state index is 3.77. The molecule has 0 spiro atoms. The van der Waals surface area contributed by atoms with Crippen LogP contribution in [0.25, 0.3) is 0 Å². The average Bonchev–Trinajstić information content (AvgIpc) is 2.73. The maximum Gasteiger partial charge on any atom is 0.00390 e. The molecule has 16 heavy (non-hydrogen) atoms. The fraction of sp³-hybridized carbons (Fsp3) is 1.00. The molecule has 0 aromatic rings. The Kier molecular flexibility index (Phi) is 5.82. The lowest BCUT2D eigenvalue weighted by atomic mass is 9.83. The van der Waals surface area contributed by atoms with Gasteiger partial charge in [0.15, 0.2) is 0 Å². The van der Waals surface area contributed by atoms with Crippen LogP contribution in [-0.2, 0) is 0 Å². The smallest absolute Gasteiger partial charge is 0.00390 e. The Morgan fingerprint density at radius 2 is 1.69 bits per heavy atom. The van der Waals surface area contributed by atoms with E-state index in [2.05, 4.69) is 33.0 Å². The molecule has 1 atom stereocenters. The molecule has 1 fully saturated rings. The highest BCUT2D eigenvalue weighted by Gasteiger charge is 2.31. The van der Waals surface area contributed by atoms with Crippen molar-refractivity contribution in [1.82, 2.24) is 5.32 Å². The first-order valence-corrected chi connectivity index (χ1v) is 7.31. The SMILES string of the molecule is CCC1(CNC(C)CCC(C)C)CCCC1. The van der Waals surface area contributed by atoms with E-state index in [0.29, 0.717) is 11.5 Å². The molecule has 1 unspecified atom stereocenters. The standard InChI is InChI=1S/C15H31N/c1-5-15(10-6-7-11-15)12-16-14(4)9-8-13(2)3/h13-14,16H,5-12H2,1-4H3. The van der Waals surface area contributed by atoms with Gasteiger partial charge in [-0.1, -0.05) is 33.6 Å². The van der Waals surface area contributed by atoms with Crippen LogP contribution in [0.3, 0.4) is 0 Å². The Labute approximate surface area is 102 Å². The summed E-state index contributed by atoms with van der Waals surface area (Å²) in [6, 6.07) is 0.700. The van der Waals surface area contributed by atoms with E-state index < -0.39 is 0 Å². The van der Waals surface area contributed by atoms with E-state index in [4.69, 9.17) is 0 Å². The van der Waals surface area contributed by atoms with Crippen LogP contribution < -0.4 is 5.32 Å². The molecular formula is C15H31N. The number of hydrogen-bond acceptors (Lipinski definition) is 1. The van der Waals surface area contributed by atoms with E-state index in [-0.39, 0.29) is 0 Å². The average molecular weight is 225 g/mol. The van der Waals surface area contributed by atoms with Gasteiger partial charge in [-0.2, -0.15) is 0 Å². The van der Waals surface area contributed by atoms with Gasteiger partial charge < -0.3 is 5.32 Å². The van der Waals surface area contributed by atoms with Gasteiger partial charge in [-0.05, 0) is 50.4 Å². The third-order valence-electron chi connectivity index (χ3n) is 4.42. The van der Waals surface area contributed by atoms with Crippen molar-refractivity contribution >= 4 is 0 Å². The third kappa shape index (κ3) is 4.45. The quantitative estimate of drug-likeness (QED) is 0.678. The molecule has 0 aromatic heterocycles. The van der Waals surface area contributed by atoms with E-state index in [0.717, 1.165) is 5.92 Å². The van der Waals surface area contributed by atoms with Gasteiger partial charge in [-0.15, -0.1) is 0 Å². The highest BCUT2D eigenvalue weighted by atomic mass is 14.9. The van der Waals surface area contributed by atoms with Crippen molar-refractivity contribution in [3.8, 4) is 0 Å². The molecule has 0 aliphatic heterocycles. The second-order valence-electron chi connectivity index (χ2n) is 6.31. The second-order valence-corrected chi connectivity index (χ2v) is 6.31. The fourth-order valence-corrected chi connectivity index (χ4v) is 2.86. The molecule has 0 amide bonds. The maximum absolute atomic E-state index is 3.77. The first-order chi connectivity index (χ1) is 7.58. The number of nitrogens with one attached hydrogen (secondary N) is 1. The van der Waals surface area contributed by atoms with Crippen LogP contribution in [-0.4, -0.2) is 12.6 Å². The summed E-state index contributed by atoms with van der Waals surface area (Å²) in [5.74, 6) is 0.843. The molecule has 1 aliphatic carbocycles. The van der Waals surface area contributed by atoms with Crippen molar-refractivity contribution in [1.29, 1.82) is 0 Å². The molecule has 1 rings (SSSR count). The lowest BCUT2D eigenvalue weighted by molar-refractivity contribution is 0.253. The molecule has 1 aliphatic rings. The van der Waals surface area contributed by atoms with Crippen LogP contribution in [0, 0.1) is 11.3 Å². The molecule has 0 bridgehead atoms. The van der Waals surface area contributed by atoms with E-state index in [1.807, 2.05) is 0 Å². The summed E-state index contributed by atoms with van der Waals surface area (Å²) < 4.78 is 0. The Hall–Kier alpha value is -0.0400. The molecule has 0 radical (unpaired) electrons. The summed E-state index contributed by atoms with van der Waals surface area (Å²) in [5.41, 5.74) is 0.645. The van der Waals surface area contributed by atoms with E-state index >= 15 is 0 Å². The van der Waals surface area contributed by atoms with Gasteiger partial charge in [0.1, 0.15) is 0 Å². The Balaban J connectivity index is 2.21. The van der Waals surface area contributed by atoms with Crippen molar-refractivity contribution in [2.24, 2.45) is 11.3 Å². The topological polar surface area (TPSA) is 12.0 Å². The third-order valence-corrected chi connectivity index (χ3v) is 4.42. The fourth-order valence-electron chi connectivity index (χ4n) is 2.86. The highest BCUT2D eigenvalue weighted by Crippen LogP contribution is 2.40. The van der Waals surface area contributed by atoms with E-state index in [9.17, 15) is 0 Å². The number of rotatable bonds is 7. The Morgan fingerprint density at radius 3 is 2.19 bits per heavy atom. The summed E-state index contributed by atoms with van der Waals surface area (Å²) >= 11 is 0. The molecule has 1 heteroatoms. The minimum atomic E-state index is 0.645. The summed E-state index contributed by atoms with van der Waals surface area (Å²) in [5, 5.41) is 3.77. The van der Waals surface area contributed by atoms with Gasteiger partial charge in [0.2, 0.25) is 0 Å². The van der Waals surface area contributed by atoms with Crippen LogP contribution in [0.2, 0.25) is 0 Å². The largest absolute Gasteiger partial charge is 0.314 e. The minimum absolute atomic E-state index is 0.645. The highest BCUT2D eigenvalue weighted by molar-refractivity contribution is 4.86. The lowest BCUT2D eigenvalue weighted by Gasteiger charge is -2.30. The summed E-state index contributed by atoms with van der Waals surface area (Å²) in [6.45, 7) is 10.6. The van der Waals surface area contributed by atoms with Gasteiger partial charge in [0, 0.05) is 12.6 Å². The van der Waals surface area contributed by atoms with Gasteiger partial charge in [-0.3, -0.25) is 0 Å². The molecule has 1 saturated carbocycles. The number of hydrogen-bond donors (Lipinski definition) is 1.